The molecule has 148 valence electrons. The van der Waals surface area contributed by atoms with Crippen LogP contribution in [0.15, 0.2) is 0 Å². The topological polar surface area (TPSA) is 88.5 Å². The molecule has 0 aromatic rings. The van der Waals surface area contributed by atoms with E-state index >= 15 is 0 Å². The first-order valence-electron chi connectivity index (χ1n) is 9.21. The zero-order valence-corrected chi connectivity index (χ0v) is 16.0. The van der Waals surface area contributed by atoms with Gasteiger partial charge in [-0.2, -0.15) is 0 Å². The summed E-state index contributed by atoms with van der Waals surface area (Å²) >= 11 is 0. The van der Waals surface area contributed by atoms with Crippen LogP contribution in [-0.4, -0.2) is 115 Å². The number of aliphatic hydroxyl groups excluding tert-OH is 2. The van der Waals surface area contributed by atoms with Crippen molar-refractivity contribution in [3.8, 4) is 0 Å². The molecule has 0 saturated carbocycles. The Morgan fingerprint density at radius 3 is 1.84 bits per heavy atom. The van der Waals surface area contributed by atoms with Crippen molar-refractivity contribution >= 4 is 6.09 Å². The molecule has 0 aromatic carbocycles. The maximum atomic E-state index is 11.7. The van der Waals surface area contributed by atoms with Crippen LogP contribution in [0.4, 0.5) is 4.79 Å². The molecule has 2 heterocycles. The predicted octanol–water partition coefficient (Wildman–Crippen LogP) is -0.585. The van der Waals surface area contributed by atoms with E-state index in [0.717, 1.165) is 45.8 Å². The van der Waals surface area contributed by atoms with E-state index in [9.17, 15) is 4.79 Å². The summed E-state index contributed by atoms with van der Waals surface area (Å²) in [4.78, 5) is 17.8. The Bertz CT molecular complexity index is 359. The number of amides is 1. The van der Waals surface area contributed by atoms with Gasteiger partial charge in [0.2, 0.25) is 0 Å². The maximum Gasteiger partial charge on any atom is 0.410 e. The first kappa shape index (κ1) is 22.1. The van der Waals surface area contributed by atoms with Crippen molar-refractivity contribution < 1.29 is 19.7 Å². The van der Waals surface area contributed by atoms with Crippen LogP contribution in [0.3, 0.4) is 0 Å². The molecule has 0 spiro atoms. The molecule has 2 aliphatic heterocycles. The second-order valence-corrected chi connectivity index (χ2v) is 7.35. The molecule has 0 radical (unpaired) electrons. The summed E-state index contributed by atoms with van der Waals surface area (Å²) in [7, 11) is 0. The summed E-state index contributed by atoms with van der Waals surface area (Å²) in [5, 5.41) is 20.6. The number of aliphatic hydroxyl groups is 2. The summed E-state index contributed by atoms with van der Waals surface area (Å²) in [5.41, 5.74) is -0.431. The highest BCUT2D eigenvalue weighted by Gasteiger charge is 2.25. The minimum absolute atomic E-state index is 0.173. The molecule has 8 nitrogen and oxygen atoms in total. The third-order valence-corrected chi connectivity index (χ3v) is 4.07. The third kappa shape index (κ3) is 9.96. The van der Waals surface area contributed by atoms with Gasteiger partial charge in [0.05, 0.1) is 13.2 Å². The van der Waals surface area contributed by atoms with Crippen molar-refractivity contribution in [3.05, 3.63) is 0 Å². The van der Waals surface area contributed by atoms with Gasteiger partial charge in [-0.15, -0.1) is 0 Å². The average molecular weight is 360 g/mol. The van der Waals surface area contributed by atoms with Crippen molar-refractivity contribution in [2.45, 2.75) is 26.4 Å². The van der Waals surface area contributed by atoms with Gasteiger partial charge in [0.1, 0.15) is 5.60 Å². The fourth-order valence-electron chi connectivity index (χ4n) is 2.70. The minimum Gasteiger partial charge on any atom is -0.444 e. The monoisotopic (exact) mass is 360 g/mol. The molecule has 0 bridgehead atoms. The van der Waals surface area contributed by atoms with E-state index in [-0.39, 0.29) is 12.7 Å². The van der Waals surface area contributed by atoms with Gasteiger partial charge in [-0.05, 0) is 20.8 Å². The molecule has 2 saturated heterocycles. The van der Waals surface area contributed by atoms with Gasteiger partial charge in [0, 0.05) is 65.4 Å². The Kier molecular flexibility index (Phi) is 10.3. The van der Waals surface area contributed by atoms with Crippen LogP contribution in [0.25, 0.3) is 0 Å². The van der Waals surface area contributed by atoms with Crippen LogP contribution >= 0.6 is 0 Å². The average Bonchev–Trinajstić information content (AvgIpc) is 2.56. The lowest BCUT2D eigenvalue weighted by Gasteiger charge is -2.35. The van der Waals surface area contributed by atoms with Gasteiger partial charge in [-0.1, -0.05) is 0 Å². The quantitative estimate of drug-likeness (QED) is 0.618. The smallest absolute Gasteiger partial charge is 0.410 e. The van der Waals surface area contributed by atoms with Gasteiger partial charge in [-0.3, -0.25) is 9.80 Å². The fourth-order valence-corrected chi connectivity index (χ4v) is 2.70. The number of nitrogens with one attached hydrogen (secondary N) is 1. The second-order valence-electron chi connectivity index (χ2n) is 7.35. The second kappa shape index (κ2) is 11.6. The van der Waals surface area contributed by atoms with Crippen molar-refractivity contribution in [1.82, 2.24) is 20.0 Å². The Morgan fingerprint density at radius 2 is 1.40 bits per heavy atom. The molecule has 8 heteroatoms. The number of carbonyl (C=O) groups excluding carboxylic acids is 1. The predicted molar refractivity (Wildman–Crippen MR) is 97.7 cm³/mol. The van der Waals surface area contributed by atoms with E-state index in [2.05, 4.69) is 15.1 Å². The van der Waals surface area contributed by atoms with E-state index in [0.29, 0.717) is 26.2 Å². The van der Waals surface area contributed by atoms with Gasteiger partial charge >= 0.3 is 6.09 Å². The molecule has 2 rings (SSSR count). The van der Waals surface area contributed by atoms with Crippen molar-refractivity contribution in [2.75, 3.05) is 78.7 Å². The van der Waals surface area contributed by atoms with Crippen LogP contribution in [0.1, 0.15) is 20.8 Å². The number of hydrogen-bond acceptors (Lipinski definition) is 7. The third-order valence-electron chi connectivity index (χ3n) is 4.07. The number of rotatable bonds is 4. The molecule has 0 unspecified atom stereocenters. The summed E-state index contributed by atoms with van der Waals surface area (Å²) in [6, 6.07) is 0. The van der Waals surface area contributed by atoms with Gasteiger partial charge in [0.15, 0.2) is 0 Å². The SMILES string of the molecule is CC(C)(C)OC(=O)N1CCN(CCO)CC1.OCCN1CCNCC1. The Hall–Kier alpha value is -0.930. The molecular formula is C17H36N4O4. The standard InChI is InChI=1S/C11H22N2O3.C6H14N2O/c1-11(2,3)16-10(15)13-6-4-12(5-7-13)8-9-14;9-6-5-8-3-1-7-2-4-8/h14H,4-9H2,1-3H3;7,9H,1-6H2. The number of ether oxygens (including phenoxy) is 1. The number of hydrogen-bond donors (Lipinski definition) is 3. The molecule has 2 fully saturated rings. The largest absolute Gasteiger partial charge is 0.444 e. The van der Waals surface area contributed by atoms with E-state index in [4.69, 9.17) is 14.9 Å². The lowest BCUT2D eigenvalue weighted by molar-refractivity contribution is 0.0134. The van der Waals surface area contributed by atoms with E-state index in [1.54, 1.807) is 4.90 Å². The molecule has 1 amide bonds. The highest BCUT2D eigenvalue weighted by Crippen LogP contribution is 2.11. The zero-order valence-electron chi connectivity index (χ0n) is 16.0. The van der Waals surface area contributed by atoms with E-state index < -0.39 is 5.60 Å². The number of carbonyl (C=O) groups is 1. The number of nitrogens with zero attached hydrogens (tertiary/aromatic N) is 3. The summed E-state index contributed by atoms with van der Waals surface area (Å²) in [6.07, 6.45) is -0.240. The van der Waals surface area contributed by atoms with Crippen LogP contribution in [0.5, 0.6) is 0 Å². The van der Waals surface area contributed by atoms with Gasteiger partial charge in [0.25, 0.3) is 0 Å². The van der Waals surface area contributed by atoms with Crippen LogP contribution in [0, 0.1) is 0 Å². The molecule has 3 N–H and O–H groups in total. The zero-order chi connectivity index (χ0) is 18.7. The Balaban J connectivity index is 0.000000293. The number of β-amino-alcohol motifs (C(OH)–C–C–N with tert-alkyl or cyclic N) is 2. The van der Waals surface area contributed by atoms with Crippen molar-refractivity contribution in [3.63, 3.8) is 0 Å². The molecule has 25 heavy (non-hydrogen) atoms. The number of piperazine rings is 2. The lowest BCUT2D eigenvalue weighted by atomic mass is 10.2. The molecular weight excluding hydrogens is 324 g/mol. The summed E-state index contributed by atoms with van der Waals surface area (Å²) < 4.78 is 5.29. The van der Waals surface area contributed by atoms with Gasteiger partial charge in [-0.25, -0.2) is 4.79 Å². The summed E-state index contributed by atoms with van der Waals surface area (Å²) in [6.45, 7) is 14.9. The highest BCUT2D eigenvalue weighted by molar-refractivity contribution is 5.68. The molecule has 0 aliphatic carbocycles. The molecule has 2 aliphatic rings. The lowest BCUT2D eigenvalue weighted by Crippen LogP contribution is -2.50. The maximum absolute atomic E-state index is 11.7. The first-order valence-corrected chi connectivity index (χ1v) is 9.21. The van der Waals surface area contributed by atoms with Crippen LogP contribution < -0.4 is 5.32 Å². The van der Waals surface area contributed by atoms with Crippen molar-refractivity contribution in [2.24, 2.45) is 0 Å². The Labute approximate surface area is 151 Å². The molecule has 0 atom stereocenters. The fraction of sp³-hybridized carbons (Fsp3) is 0.941. The Morgan fingerprint density at radius 1 is 0.920 bits per heavy atom. The highest BCUT2D eigenvalue weighted by atomic mass is 16.6. The summed E-state index contributed by atoms with van der Waals surface area (Å²) in [5.74, 6) is 0. The van der Waals surface area contributed by atoms with E-state index in [1.165, 1.54) is 0 Å². The normalized spacial score (nSPS) is 20.0. The van der Waals surface area contributed by atoms with E-state index in [1.807, 2.05) is 20.8 Å². The van der Waals surface area contributed by atoms with Gasteiger partial charge < -0.3 is 25.2 Å². The minimum atomic E-state index is -0.431. The van der Waals surface area contributed by atoms with Crippen molar-refractivity contribution in [1.29, 1.82) is 0 Å². The van der Waals surface area contributed by atoms with Crippen LogP contribution in [-0.2, 0) is 4.74 Å². The molecule has 0 aromatic heterocycles. The van der Waals surface area contributed by atoms with Crippen LogP contribution in [0.2, 0.25) is 0 Å². The first-order chi connectivity index (χ1) is 11.9.